The normalized spacial score (nSPS) is 17.5. The molecule has 1 aromatic heterocycles. The summed E-state index contributed by atoms with van der Waals surface area (Å²) in [5.41, 5.74) is 0.841. The number of nitrogens with zero attached hydrogens (tertiary/aromatic N) is 2. The van der Waals surface area contributed by atoms with Gasteiger partial charge in [-0.25, -0.2) is 13.4 Å². The van der Waals surface area contributed by atoms with Crippen molar-refractivity contribution in [1.82, 2.24) is 9.29 Å². The summed E-state index contributed by atoms with van der Waals surface area (Å²) < 4.78 is 32.2. The van der Waals surface area contributed by atoms with Crippen molar-refractivity contribution < 1.29 is 22.7 Å². The Morgan fingerprint density at radius 2 is 2.00 bits per heavy atom. The minimum absolute atomic E-state index is 0.0274. The van der Waals surface area contributed by atoms with Crippen LogP contribution in [0.1, 0.15) is 49.2 Å². The maximum absolute atomic E-state index is 12.9. The molecule has 0 radical (unpaired) electrons. The lowest BCUT2D eigenvalue weighted by atomic mass is 10.1. The van der Waals surface area contributed by atoms with E-state index < -0.39 is 15.9 Å². The third-order valence-electron chi connectivity index (χ3n) is 4.87. The fraction of sp³-hybridized carbons (Fsp3) is 0.450. The lowest BCUT2D eigenvalue weighted by Gasteiger charge is -2.32. The SMILES string of the molecule is CCOC(=O)Cc1csc(NC(=O)c2ccc(S(=O)(=O)N3CCCCC3C)cc2)n1. The predicted molar refractivity (Wildman–Crippen MR) is 114 cm³/mol. The van der Waals surface area contributed by atoms with Crippen molar-refractivity contribution in [3.05, 3.63) is 40.9 Å². The Kier molecular flexibility index (Phi) is 7.22. The van der Waals surface area contributed by atoms with Crippen LogP contribution in [0.3, 0.4) is 0 Å². The number of thiazole rings is 1. The van der Waals surface area contributed by atoms with Crippen molar-refractivity contribution in [2.45, 2.75) is 50.5 Å². The second-order valence-electron chi connectivity index (χ2n) is 7.06. The summed E-state index contributed by atoms with van der Waals surface area (Å²) in [5, 5.41) is 4.71. The second-order valence-corrected chi connectivity index (χ2v) is 9.81. The highest BCUT2D eigenvalue weighted by molar-refractivity contribution is 7.89. The molecule has 1 fully saturated rings. The zero-order valence-electron chi connectivity index (χ0n) is 17.0. The van der Waals surface area contributed by atoms with E-state index in [-0.39, 0.29) is 23.3 Å². The number of carbonyl (C=O) groups is 2. The standard InChI is InChI=1S/C20H25N3O5S2/c1-3-28-18(24)12-16-13-29-20(21-16)22-19(25)15-7-9-17(10-8-15)30(26,27)23-11-5-4-6-14(23)2/h7-10,13-14H,3-6,11-12H2,1-2H3,(H,21,22,25). The largest absolute Gasteiger partial charge is 0.466 e. The van der Waals surface area contributed by atoms with Crippen LogP contribution in [0.4, 0.5) is 5.13 Å². The minimum Gasteiger partial charge on any atom is -0.466 e. The van der Waals surface area contributed by atoms with E-state index >= 15 is 0 Å². The number of rotatable bonds is 7. The summed E-state index contributed by atoms with van der Waals surface area (Å²) in [6.45, 7) is 4.47. The van der Waals surface area contributed by atoms with Gasteiger partial charge in [-0.3, -0.25) is 14.9 Å². The number of benzene rings is 1. The van der Waals surface area contributed by atoms with Gasteiger partial charge in [-0.15, -0.1) is 11.3 Å². The average molecular weight is 452 g/mol. The molecule has 1 N–H and O–H groups in total. The van der Waals surface area contributed by atoms with Crippen LogP contribution in [0.25, 0.3) is 0 Å². The number of hydrogen-bond acceptors (Lipinski definition) is 7. The van der Waals surface area contributed by atoms with Crippen LogP contribution in [0.5, 0.6) is 0 Å². The van der Waals surface area contributed by atoms with Crippen molar-refractivity contribution in [3.63, 3.8) is 0 Å². The number of piperidine rings is 1. The van der Waals surface area contributed by atoms with E-state index in [2.05, 4.69) is 10.3 Å². The number of esters is 1. The highest BCUT2D eigenvalue weighted by Gasteiger charge is 2.30. The molecule has 1 amide bonds. The fourth-order valence-corrected chi connectivity index (χ4v) is 5.72. The molecule has 2 heterocycles. The van der Waals surface area contributed by atoms with Crippen LogP contribution in [0.15, 0.2) is 34.5 Å². The van der Waals surface area contributed by atoms with Gasteiger partial charge in [0.2, 0.25) is 10.0 Å². The highest BCUT2D eigenvalue weighted by atomic mass is 32.2. The minimum atomic E-state index is -3.58. The van der Waals surface area contributed by atoms with Crippen LogP contribution in [-0.2, 0) is 26.0 Å². The van der Waals surface area contributed by atoms with Crippen molar-refractivity contribution >= 4 is 38.4 Å². The molecule has 1 atom stereocenters. The first-order valence-electron chi connectivity index (χ1n) is 9.84. The predicted octanol–water partition coefficient (Wildman–Crippen LogP) is 3.06. The van der Waals surface area contributed by atoms with Gasteiger partial charge in [0.25, 0.3) is 5.91 Å². The molecule has 3 rings (SSSR count). The van der Waals surface area contributed by atoms with Gasteiger partial charge in [0, 0.05) is 23.5 Å². The third kappa shape index (κ3) is 5.24. The zero-order chi connectivity index (χ0) is 21.7. The molecule has 1 aromatic carbocycles. The van der Waals surface area contributed by atoms with E-state index in [0.29, 0.717) is 29.5 Å². The first-order chi connectivity index (χ1) is 14.3. The molecular formula is C20H25N3O5S2. The van der Waals surface area contributed by atoms with E-state index in [1.54, 1.807) is 12.3 Å². The van der Waals surface area contributed by atoms with Crippen LogP contribution in [0.2, 0.25) is 0 Å². The molecule has 0 saturated carbocycles. The topological polar surface area (TPSA) is 106 Å². The number of nitrogens with one attached hydrogen (secondary N) is 1. The number of aromatic nitrogens is 1. The summed E-state index contributed by atoms with van der Waals surface area (Å²) in [7, 11) is -3.58. The number of carbonyl (C=O) groups excluding carboxylic acids is 2. The Morgan fingerprint density at radius 3 is 2.67 bits per heavy atom. The third-order valence-corrected chi connectivity index (χ3v) is 7.70. The monoisotopic (exact) mass is 451 g/mol. The van der Waals surface area contributed by atoms with Crippen molar-refractivity contribution in [2.75, 3.05) is 18.5 Å². The van der Waals surface area contributed by atoms with Gasteiger partial charge in [-0.2, -0.15) is 4.31 Å². The summed E-state index contributed by atoms with van der Waals surface area (Å²) in [6, 6.07) is 5.87. The summed E-state index contributed by atoms with van der Waals surface area (Å²) in [5.74, 6) is -0.775. The Balaban J connectivity index is 1.65. The molecule has 10 heteroatoms. The molecule has 0 bridgehead atoms. The van der Waals surface area contributed by atoms with Gasteiger partial charge in [-0.1, -0.05) is 6.42 Å². The molecule has 0 aliphatic carbocycles. The Hall–Kier alpha value is -2.30. The zero-order valence-corrected chi connectivity index (χ0v) is 18.6. The molecule has 2 aromatic rings. The second kappa shape index (κ2) is 9.67. The van der Waals surface area contributed by atoms with Gasteiger partial charge in [0.05, 0.1) is 23.6 Å². The summed E-state index contributed by atoms with van der Waals surface area (Å²) in [4.78, 5) is 28.4. The van der Waals surface area contributed by atoms with E-state index in [0.717, 1.165) is 19.3 Å². The first kappa shape index (κ1) is 22.4. The molecule has 8 nitrogen and oxygen atoms in total. The Labute approximate surface area is 180 Å². The molecule has 1 unspecified atom stereocenters. The van der Waals surface area contributed by atoms with E-state index in [1.807, 2.05) is 6.92 Å². The molecule has 30 heavy (non-hydrogen) atoms. The van der Waals surface area contributed by atoms with Gasteiger partial charge in [0.1, 0.15) is 0 Å². The molecule has 1 aliphatic rings. The van der Waals surface area contributed by atoms with Gasteiger partial charge < -0.3 is 4.74 Å². The van der Waals surface area contributed by atoms with Crippen molar-refractivity contribution in [1.29, 1.82) is 0 Å². The number of sulfonamides is 1. The Bertz CT molecular complexity index is 1000. The maximum atomic E-state index is 12.9. The molecule has 162 valence electrons. The summed E-state index contributed by atoms with van der Waals surface area (Å²) >= 11 is 1.21. The summed E-state index contributed by atoms with van der Waals surface area (Å²) in [6.07, 6.45) is 2.79. The molecular weight excluding hydrogens is 426 g/mol. The average Bonchev–Trinajstić information content (AvgIpc) is 3.15. The van der Waals surface area contributed by atoms with E-state index in [4.69, 9.17) is 4.74 Å². The molecule has 0 spiro atoms. The van der Waals surface area contributed by atoms with E-state index in [1.165, 1.54) is 39.9 Å². The number of hydrogen-bond donors (Lipinski definition) is 1. The quantitative estimate of drug-likeness (QED) is 0.649. The van der Waals surface area contributed by atoms with Gasteiger partial charge in [0.15, 0.2) is 5.13 Å². The number of ether oxygens (including phenoxy) is 1. The van der Waals surface area contributed by atoms with E-state index in [9.17, 15) is 18.0 Å². The lowest BCUT2D eigenvalue weighted by molar-refractivity contribution is -0.142. The van der Waals surface area contributed by atoms with Crippen LogP contribution in [0, 0.1) is 0 Å². The van der Waals surface area contributed by atoms with Crippen molar-refractivity contribution in [3.8, 4) is 0 Å². The Morgan fingerprint density at radius 1 is 1.27 bits per heavy atom. The number of amides is 1. The van der Waals surface area contributed by atoms with Gasteiger partial charge >= 0.3 is 5.97 Å². The van der Waals surface area contributed by atoms with Crippen molar-refractivity contribution in [2.24, 2.45) is 0 Å². The van der Waals surface area contributed by atoms with Gasteiger partial charge in [-0.05, 0) is 51.0 Å². The number of anilines is 1. The molecule has 1 saturated heterocycles. The van der Waals surface area contributed by atoms with Crippen LogP contribution >= 0.6 is 11.3 Å². The smallest absolute Gasteiger partial charge is 0.311 e. The lowest BCUT2D eigenvalue weighted by Crippen LogP contribution is -2.41. The maximum Gasteiger partial charge on any atom is 0.311 e. The highest BCUT2D eigenvalue weighted by Crippen LogP contribution is 2.25. The first-order valence-corrected chi connectivity index (χ1v) is 12.2. The molecule has 1 aliphatic heterocycles. The van der Waals surface area contributed by atoms with Crippen LogP contribution in [-0.4, -0.2) is 48.8 Å². The van der Waals surface area contributed by atoms with Crippen LogP contribution < -0.4 is 5.32 Å². The fourth-order valence-electron chi connectivity index (χ4n) is 3.32.